The fourth-order valence-corrected chi connectivity index (χ4v) is 4.17. The van der Waals surface area contributed by atoms with Crippen LogP contribution in [0.25, 0.3) is 11.0 Å². The molecule has 2 aromatic carbocycles. The van der Waals surface area contributed by atoms with Crippen molar-refractivity contribution in [3.05, 3.63) is 84.2 Å². The number of rotatable bonds is 9. The molecule has 3 N–H and O–H groups in total. The Balaban J connectivity index is 1.31. The first-order valence-electron chi connectivity index (χ1n) is 10.5. The molecule has 0 fully saturated rings. The maximum Gasteiger partial charge on any atom is 0.255 e. The van der Waals surface area contributed by atoms with Gasteiger partial charge in [0.15, 0.2) is 0 Å². The average molecular weight is 461 g/mol. The number of thioether (sulfide) groups is 1. The standard InChI is InChI=1S/C25H24N4O3S/c1-32-22-8-7-19(25(31)28-20-5-3-2-4-6-20)14-21(22)29-23(30)10-12-33-16-17-13-18-9-11-26-24(18)27-15-17/h2-9,11,13-15H,10,12,16H2,1H3,(H,26,27)(H,28,31)(H,29,30). The Kier molecular flexibility index (Phi) is 7.26. The van der Waals surface area contributed by atoms with Crippen LogP contribution in [0.4, 0.5) is 11.4 Å². The first-order valence-corrected chi connectivity index (χ1v) is 11.6. The number of H-pyrrole nitrogens is 1. The number of hydrogen-bond donors (Lipinski definition) is 3. The Bertz CT molecular complexity index is 1260. The molecule has 0 atom stereocenters. The second kappa shape index (κ2) is 10.7. The van der Waals surface area contributed by atoms with Crippen LogP contribution in [0.3, 0.4) is 0 Å². The molecule has 0 bridgehead atoms. The van der Waals surface area contributed by atoms with Crippen molar-refractivity contribution in [2.75, 3.05) is 23.5 Å². The van der Waals surface area contributed by atoms with Crippen molar-refractivity contribution >= 4 is 46.0 Å². The molecule has 0 saturated heterocycles. The van der Waals surface area contributed by atoms with Gasteiger partial charge in [-0.1, -0.05) is 18.2 Å². The molecule has 4 rings (SSSR count). The van der Waals surface area contributed by atoms with E-state index in [9.17, 15) is 9.59 Å². The number of fused-ring (bicyclic) bond motifs is 1. The van der Waals surface area contributed by atoms with Gasteiger partial charge in [-0.3, -0.25) is 9.59 Å². The fraction of sp³-hybridized carbons (Fsp3) is 0.160. The van der Waals surface area contributed by atoms with Crippen molar-refractivity contribution < 1.29 is 14.3 Å². The molecule has 2 amide bonds. The van der Waals surface area contributed by atoms with E-state index in [2.05, 4.69) is 26.7 Å². The van der Waals surface area contributed by atoms with Crippen LogP contribution in [0, 0.1) is 0 Å². The number of aromatic amines is 1. The van der Waals surface area contributed by atoms with Gasteiger partial charge in [0.25, 0.3) is 5.91 Å². The maximum absolute atomic E-state index is 12.6. The number of nitrogens with zero attached hydrogens (tertiary/aromatic N) is 1. The molecule has 2 aromatic heterocycles. The van der Waals surface area contributed by atoms with Crippen molar-refractivity contribution in [2.45, 2.75) is 12.2 Å². The zero-order valence-corrected chi connectivity index (χ0v) is 18.9. The van der Waals surface area contributed by atoms with Crippen LogP contribution in [0.2, 0.25) is 0 Å². The highest BCUT2D eigenvalue weighted by Gasteiger charge is 2.13. The van der Waals surface area contributed by atoms with Crippen molar-refractivity contribution in [1.82, 2.24) is 9.97 Å². The number of ether oxygens (including phenoxy) is 1. The minimum atomic E-state index is -0.261. The summed E-state index contributed by atoms with van der Waals surface area (Å²) >= 11 is 1.67. The predicted octanol–water partition coefficient (Wildman–Crippen LogP) is 5.09. The van der Waals surface area contributed by atoms with E-state index in [-0.39, 0.29) is 11.8 Å². The Morgan fingerprint density at radius 3 is 2.73 bits per heavy atom. The monoisotopic (exact) mass is 460 g/mol. The summed E-state index contributed by atoms with van der Waals surface area (Å²) in [5.41, 5.74) is 3.59. The van der Waals surface area contributed by atoms with E-state index < -0.39 is 0 Å². The Morgan fingerprint density at radius 2 is 1.91 bits per heavy atom. The number of carbonyl (C=O) groups is 2. The van der Waals surface area contributed by atoms with E-state index in [4.69, 9.17) is 4.74 Å². The van der Waals surface area contributed by atoms with E-state index in [1.54, 1.807) is 30.0 Å². The van der Waals surface area contributed by atoms with Crippen LogP contribution in [0.1, 0.15) is 22.3 Å². The molecule has 2 heterocycles. The molecule has 0 saturated carbocycles. The van der Waals surface area contributed by atoms with Gasteiger partial charge in [0.05, 0.1) is 12.8 Å². The van der Waals surface area contributed by atoms with Gasteiger partial charge in [0, 0.05) is 47.0 Å². The topological polar surface area (TPSA) is 96.1 Å². The minimum absolute atomic E-state index is 0.138. The average Bonchev–Trinajstić information content (AvgIpc) is 3.30. The maximum atomic E-state index is 12.6. The van der Waals surface area contributed by atoms with E-state index in [0.29, 0.717) is 34.9 Å². The highest BCUT2D eigenvalue weighted by atomic mass is 32.2. The molecule has 8 heteroatoms. The number of methoxy groups -OCH3 is 1. The number of carbonyl (C=O) groups excluding carboxylic acids is 2. The van der Waals surface area contributed by atoms with Crippen LogP contribution in [-0.4, -0.2) is 34.6 Å². The summed E-state index contributed by atoms with van der Waals surface area (Å²) in [6.45, 7) is 0. The molecule has 4 aromatic rings. The first kappa shape index (κ1) is 22.4. The van der Waals surface area contributed by atoms with Crippen molar-refractivity contribution in [2.24, 2.45) is 0 Å². The molecule has 0 spiro atoms. The van der Waals surface area contributed by atoms with E-state index in [1.165, 1.54) is 7.11 Å². The number of pyridine rings is 1. The molecule has 0 aliphatic heterocycles. The summed E-state index contributed by atoms with van der Waals surface area (Å²) < 4.78 is 5.35. The molecule has 33 heavy (non-hydrogen) atoms. The minimum Gasteiger partial charge on any atom is -0.495 e. The lowest BCUT2D eigenvalue weighted by atomic mass is 10.1. The predicted molar refractivity (Wildman–Crippen MR) is 133 cm³/mol. The van der Waals surface area contributed by atoms with Crippen LogP contribution in [0.15, 0.2) is 73.1 Å². The number of anilines is 2. The lowest BCUT2D eigenvalue weighted by Gasteiger charge is -2.12. The molecular formula is C25H24N4O3S. The third kappa shape index (κ3) is 5.93. The smallest absolute Gasteiger partial charge is 0.255 e. The largest absolute Gasteiger partial charge is 0.495 e. The van der Waals surface area contributed by atoms with Gasteiger partial charge in [0.1, 0.15) is 11.4 Å². The lowest BCUT2D eigenvalue weighted by Crippen LogP contribution is -2.15. The third-order valence-corrected chi connectivity index (χ3v) is 6.00. The zero-order valence-electron chi connectivity index (χ0n) is 18.1. The van der Waals surface area contributed by atoms with Gasteiger partial charge < -0.3 is 20.4 Å². The number of aromatic nitrogens is 2. The van der Waals surface area contributed by atoms with Crippen LogP contribution < -0.4 is 15.4 Å². The SMILES string of the molecule is COc1ccc(C(=O)Nc2ccccc2)cc1NC(=O)CCSCc1cnc2[nH]ccc2c1. The van der Waals surface area contributed by atoms with Gasteiger partial charge >= 0.3 is 0 Å². The van der Waals surface area contributed by atoms with Crippen molar-refractivity contribution in [1.29, 1.82) is 0 Å². The molecule has 168 valence electrons. The Labute approximate surface area is 196 Å². The summed E-state index contributed by atoms with van der Waals surface area (Å²) in [6, 6.07) is 18.3. The van der Waals surface area contributed by atoms with Gasteiger partial charge in [-0.25, -0.2) is 4.98 Å². The summed E-state index contributed by atoms with van der Waals surface area (Å²) in [4.78, 5) is 32.6. The molecule has 0 aliphatic carbocycles. The molecule has 0 unspecified atom stereocenters. The normalized spacial score (nSPS) is 10.7. The summed E-state index contributed by atoms with van der Waals surface area (Å²) in [5.74, 6) is 1.54. The lowest BCUT2D eigenvalue weighted by molar-refractivity contribution is -0.115. The fourth-order valence-electron chi connectivity index (χ4n) is 3.30. The van der Waals surface area contributed by atoms with Crippen LogP contribution >= 0.6 is 11.8 Å². The van der Waals surface area contributed by atoms with Gasteiger partial charge in [-0.15, -0.1) is 0 Å². The zero-order chi connectivity index (χ0) is 23.0. The number of benzene rings is 2. The number of nitrogens with one attached hydrogen (secondary N) is 3. The van der Waals surface area contributed by atoms with Crippen LogP contribution in [0.5, 0.6) is 5.75 Å². The highest BCUT2D eigenvalue weighted by molar-refractivity contribution is 7.98. The molecule has 0 aliphatic rings. The second-order valence-corrected chi connectivity index (χ2v) is 8.45. The number of amides is 2. The summed E-state index contributed by atoms with van der Waals surface area (Å²) in [5, 5.41) is 6.78. The third-order valence-electron chi connectivity index (χ3n) is 4.97. The summed E-state index contributed by atoms with van der Waals surface area (Å²) in [7, 11) is 1.53. The van der Waals surface area contributed by atoms with E-state index in [0.717, 1.165) is 22.3 Å². The highest BCUT2D eigenvalue weighted by Crippen LogP contribution is 2.26. The van der Waals surface area contributed by atoms with E-state index >= 15 is 0 Å². The van der Waals surface area contributed by atoms with Crippen molar-refractivity contribution in [3.8, 4) is 5.75 Å². The van der Waals surface area contributed by atoms with Crippen LogP contribution in [-0.2, 0) is 10.5 Å². The molecular weight excluding hydrogens is 436 g/mol. The van der Waals surface area contributed by atoms with Gasteiger partial charge in [0.2, 0.25) is 5.91 Å². The Hall–Kier alpha value is -3.78. The van der Waals surface area contributed by atoms with Gasteiger partial charge in [-0.05, 0) is 48.0 Å². The van der Waals surface area contributed by atoms with E-state index in [1.807, 2.05) is 48.8 Å². The molecule has 0 radical (unpaired) electrons. The second-order valence-electron chi connectivity index (χ2n) is 7.35. The number of para-hydroxylation sites is 1. The first-order chi connectivity index (χ1) is 16.1. The summed E-state index contributed by atoms with van der Waals surface area (Å²) in [6.07, 6.45) is 4.06. The Morgan fingerprint density at radius 1 is 1.06 bits per heavy atom. The van der Waals surface area contributed by atoms with Crippen molar-refractivity contribution in [3.63, 3.8) is 0 Å². The number of hydrogen-bond acceptors (Lipinski definition) is 5. The quantitative estimate of drug-likeness (QED) is 0.303. The molecule has 7 nitrogen and oxygen atoms in total. The van der Waals surface area contributed by atoms with Gasteiger partial charge in [-0.2, -0.15) is 11.8 Å².